The van der Waals surface area contributed by atoms with Gasteiger partial charge in [-0.15, -0.1) is 0 Å². The fourth-order valence-electron chi connectivity index (χ4n) is 2.79. The first-order valence-electron chi connectivity index (χ1n) is 7.50. The van der Waals surface area contributed by atoms with Gasteiger partial charge in [0.1, 0.15) is 5.54 Å². The first-order chi connectivity index (χ1) is 8.79. The molecule has 1 fully saturated rings. The lowest BCUT2D eigenvalue weighted by Crippen LogP contribution is -2.52. The summed E-state index contributed by atoms with van der Waals surface area (Å²) in [6.45, 7) is 12.3. The van der Waals surface area contributed by atoms with E-state index in [-0.39, 0.29) is 0 Å². The zero-order valence-electron chi connectivity index (χ0n) is 13.0. The Balaban J connectivity index is 2.49. The predicted octanol–water partition coefficient (Wildman–Crippen LogP) is 2.34. The van der Waals surface area contributed by atoms with Crippen LogP contribution in [-0.2, 0) is 4.79 Å². The number of nitrogens with one attached hydrogen (secondary N) is 1. The number of hydrogen-bond donors (Lipinski definition) is 2. The second kappa shape index (κ2) is 6.71. The van der Waals surface area contributed by atoms with Crippen molar-refractivity contribution in [2.75, 3.05) is 26.2 Å². The van der Waals surface area contributed by atoms with Gasteiger partial charge >= 0.3 is 5.97 Å². The van der Waals surface area contributed by atoms with Crippen LogP contribution in [0.5, 0.6) is 0 Å². The highest BCUT2D eigenvalue weighted by atomic mass is 16.4. The molecule has 1 heterocycles. The molecule has 0 amide bonds. The molecule has 2 N–H and O–H groups in total. The van der Waals surface area contributed by atoms with Crippen LogP contribution in [0.2, 0.25) is 0 Å². The Bertz CT molecular complexity index is 305. The van der Waals surface area contributed by atoms with Crippen LogP contribution < -0.4 is 5.32 Å². The van der Waals surface area contributed by atoms with Crippen molar-refractivity contribution < 1.29 is 9.90 Å². The normalized spacial score (nSPS) is 22.9. The minimum atomic E-state index is -0.794. The molecule has 4 nitrogen and oxygen atoms in total. The van der Waals surface area contributed by atoms with E-state index in [9.17, 15) is 9.90 Å². The molecule has 0 radical (unpaired) electrons. The third kappa shape index (κ3) is 5.11. The van der Waals surface area contributed by atoms with Crippen molar-refractivity contribution in [3.05, 3.63) is 0 Å². The molecular formula is C15H30N2O2. The standard InChI is InChI=1S/C15H30N2O2/c1-5-9-16-15(4,13(18)19)8-11-17-10-6-7-14(2,3)12-17/h16H,5-12H2,1-4H3,(H,18,19). The molecule has 0 bridgehead atoms. The lowest BCUT2D eigenvalue weighted by molar-refractivity contribution is -0.144. The maximum Gasteiger partial charge on any atom is 0.323 e. The SMILES string of the molecule is CCCNC(C)(CCN1CCCC(C)(C)C1)C(=O)O. The first kappa shape index (κ1) is 16.4. The molecule has 0 aromatic carbocycles. The van der Waals surface area contributed by atoms with Crippen molar-refractivity contribution in [3.8, 4) is 0 Å². The van der Waals surface area contributed by atoms with E-state index in [1.165, 1.54) is 12.8 Å². The van der Waals surface area contributed by atoms with Gasteiger partial charge in [0.2, 0.25) is 0 Å². The highest BCUT2D eigenvalue weighted by Gasteiger charge is 2.34. The van der Waals surface area contributed by atoms with E-state index in [2.05, 4.69) is 31.0 Å². The summed E-state index contributed by atoms with van der Waals surface area (Å²) in [6.07, 6.45) is 4.12. The molecule has 1 saturated heterocycles. The van der Waals surface area contributed by atoms with Gasteiger partial charge in [0.15, 0.2) is 0 Å². The lowest BCUT2D eigenvalue weighted by Gasteiger charge is -2.39. The Kier molecular flexibility index (Phi) is 5.81. The largest absolute Gasteiger partial charge is 0.480 e. The molecule has 0 aliphatic carbocycles. The van der Waals surface area contributed by atoms with Crippen LogP contribution in [0.1, 0.15) is 53.4 Å². The van der Waals surface area contributed by atoms with E-state index in [0.717, 1.165) is 32.6 Å². The molecule has 1 atom stereocenters. The van der Waals surface area contributed by atoms with Gasteiger partial charge in [-0.1, -0.05) is 20.8 Å². The van der Waals surface area contributed by atoms with Crippen LogP contribution in [0, 0.1) is 5.41 Å². The second-order valence-corrected chi connectivity index (χ2v) is 6.86. The molecule has 1 aliphatic rings. The van der Waals surface area contributed by atoms with Crippen LogP contribution in [0.25, 0.3) is 0 Å². The monoisotopic (exact) mass is 270 g/mol. The summed E-state index contributed by atoms with van der Waals surface area (Å²) >= 11 is 0. The van der Waals surface area contributed by atoms with Crippen molar-refractivity contribution in [1.82, 2.24) is 10.2 Å². The maximum atomic E-state index is 11.4. The molecule has 0 aromatic heterocycles. The van der Waals surface area contributed by atoms with Gasteiger partial charge < -0.3 is 15.3 Å². The van der Waals surface area contributed by atoms with E-state index in [4.69, 9.17) is 0 Å². The summed E-state index contributed by atoms with van der Waals surface area (Å²) in [7, 11) is 0. The molecule has 1 aliphatic heterocycles. The first-order valence-corrected chi connectivity index (χ1v) is 7.50. The summed E-state index contributed by atoms with van der Waals surface area (Å²) in [4.78, 5) is 13.9. The number of nitrogens with zero attached hydrogens (tertiary/aromatic N) is 1. The molecule has 112 valence electrons. The van der Waals surface area contributed by atoms with Crippen molar-refractivity contribution in [2.24, 2.45) is 5.41 Å². The summed E-state index contributed by atoms with van der Waals surface area (Å²) in [5, 5.41) is 12.6. The molecule has 4 heteroatoms. The Hall–Kier alpha value is -0.610. The van der Waals surface area contributed by atoms with Crippen LogP contribution >= 0.6 is 0 Å². The molecule has 0 aromatic rings. The highest BCUT2D eigenvalue weighted by molar-refractivity contribution is 5.78. The van der Waals surface area contributed by atoms with Crippen LogP contribution in [-0.4, -0.2) is 47.7 Å². The Labute approximate surface area is 117 Å². The number of carboxylic acids is 1. The Morgan fingerprint density at radius 1 is 1.47 bits per heavy atom. The number of carbonyl (C=O) groups is 1. The number of aliphatic carboxylic acids is 1. The van der Waals surface area contributed by atoms with E-state index < -0.39 is 11.5 Å². The molecule has 0 spiro atoms. The maximum absolute atomic E-state index is 11.4. The number of rotatable bonds is 7. The molecular weight excluding hydrogens is 240 g/mol. The average molecular weight is 270 g/mol. The number of likely N-dealkylation sites (tertiary alicyclic amines) is 1. The quantitative estimate of drug-likeness (QED) is 0.745. The topological polar surface area (TPSA) is 52.6 Å². The second-order valence-electron chi connectivity index (χ2n) is 6.86. The van der Waals surface area contributed by atoms with Crippen molar-refractivity contribution >= 4 is 5.97 Å². The van der Waals surface area contributed by atoms with E-state index in [0.29, 0.717) is 11.8 Å². The molecule has 1 rings (SSSR count). The summed E-state index contributed by atoms with van der Waals surface area (Å²) < 4.78 is 0. The van der Waals surface area contributed by atoms with Gasteiger partial charge in [0, 0.05) is 13.1 Å². The van der Waals surface area contributed by atoms with Crippen LogP contribution in [0.15, 0.2) is 0 Å². The van der Waals surface area contributed by atoms with Gasteiger partial charge in [-0.05, 0) is 51.1 Å². The van der Waals surface area contributed by atoms with Crippen molar-refractivity contribution in [3.63, 3.8) is 0 Å². The molecule has 19 heavy (non-hydrogen) atoms. The summed E-state index contributed by atoms with van der Waals surface area (Å²) in [5.74, 6) is -0.739. The van der Waals surface area contributed by atoms with E-state index >= 15 is 0 Å². The summed E-state index contributed by atoms with van der Waals surface area (Å²) in [5.41, 5.74) is -0.424. The predicted molar refractivity (Wildman–Crippen MR) is 78.4 cm³/mol. The molecule has 1 unspecified atom stereocenters. The number of hydrogen-bond acceptors (Lipinski definition) is 3. The van der Waals surface area contributed by atoms with Gasteiger partial charge in [-0.3, -0.25) is 4.79 Å². The number of piperidine rings is 1. The Morgan fingerprint density at radius 3 is 2.68 bits per heavy atom. The van der Waals surface area contributed by atoms with Gasteiger partial charge in [-0.25, -0.2) is 0 Å². The lowest BCUT2D eigenvalue weighted by atomic mass is 9.84. The minimum Gasteiger partial charge on any atom is -0.480 e. The number of carboxylic acid groups (broad SMARTS) is 1. The van der Waals surface area contributed by atoms with E-state index in [1.807, 2.05) is 0 Å². The summed E-state index contributed by atoms with van der Waals surface area (Å²) in [6, 6.07) is 0. The smallest absolute Gasteiger partial charge is 0.323 e. The van der Waals surface area contributed by atoms with Gasteiger partial charge in [-0.2, -0.15) is 0 Å². The van der Waals surface area contributed by atoms with Gasteiger partial charge in [0.05, 0.1) is 0 Å². The highest BCUT2D eigenvalue weighted by Crippen LogP contribution is 2.28. The zero-order valence-corrected chi connectivity index (χ0v) is 13.0. The zero-order chi connectivity index (χ0) is 14.5. The van der Waals surface area contributed by atoms with Crippen molar-refractivity contribution in [2.45, 2.75) is 58.9 Å². The average Bonchev–Trinajstić information content (AvgIpc) is 2.32. The van der Waals surface area contributed by atoms with Crippen molar-refractivity contribution in [1.29, 1.82) is 0 Å². The van der Waals surface area contributed by atoms with Crippen LogP contribution in [0.4, 0.5) is 0 Å². The Morgan fingerprint density at radius 2 is 2.16 bits per heavy atom. The fourth-order valence-corrected chi connectivity index (χ4v) is 2.79. The minimum absolute atomic E-state index is 0.370. The fraction of sp³-hybridized carbons (Fsp3) is 0.933. The molecule has 0 saturated carbocycles. The van der Waals surface area contributed by atoms with E-state index in [1.54, 1.807) is 6.92 Å². The van der Waals surface area contributed by atoms with Gasteiger partial charge in [0.25, 0.3) is 0 Å². The third-order valence-corrected chi connectivity index (χ3v) is 4.14. The third-order valence-electron chi connectivity index (χ3n) is 4.14. The van der Waals surface area contributed by atoms with Crippen LogP contribution in [0.3, 0.4) is 0 Å².